The quantitative estimate of drug-likeness (QED) is 0.891. The molecule has 2 N–H and O–H groups in total. The molecule has 2 rings (SSSR count). The summed E-state index contributed by atoms with van der Waals surface area (Å²) >= 11 is 6.22. The predicted molar refractivity (Wildman–Crippen MR) is 93.2 cm³/mol. The molecule has 1 aliphatic heterocycles. The van der Waals surface area contributed by atoms with E-state index in [9.17, 15) is 0 Å². The summed E-state index contributed by atoms with van der Waals surface area (Å²) in [6.07, 6.45) is 3.42. The van der Waals surface area contributed by atoms with E-state index in [0.29, 0.717) is 5.41 Å². The first-order valence-electron chi connectivity index (χ1n) is 8.06. The molecule has 0 bridgehead atoms. The Morgan fingerprint density at radius 3 is 2.43 bits per heavy atom. The second kappa shape index (κ2) is 6.58. The molecule has 0 aliphatic carbocycles. The van der Waals surface area contributed by atoms with E-state index in [4.69, 9.17) is 17.3 Å². The average molecular weight is 309 g/mol. The summed E-state index contributed by atoms with van der Waals surface area (Å²) in [6.45, 7) is 11.4. The number of benzene rings is 1. The Kier molecular flexibility index (Phi) is 5.21. The van der Waals surface area contributed by atoms with Gasteiger partial charge < -0.3 is 10.6 Å². The number of anilines is 1. The van der Waals surface area contributed by atoms with Crippen LogP contribution in [0.1, 0.15) is 46.1 Å². The lowest BCUT2D eigenvalue weighted by atomic mass is 9.75. The molecule has 0 amide bonds. The van der Waals surface area contributed by atoms with E-state index in [-0.39, 0.29) is 6.04 Å². The maximum absolute atomic E-state index is 6.22. The summed E-state index contributed by atoms with van der Waals surface area (Å²) < 4.78 is 0. The van der Waals surface area contributed by atoms with Gasteiger partial charge in [0.25, 0.3) is 0 Å². The SMILES string of the molecule is CC(N)Cc1ccc(Cl)cc1N1CCC(C(C)(C)C)CC1. The Hall–Kier alpha value is -0.730. The van der Waals surface area contributed by atoms with Crippen molar-refractivity contribution in [1.29, 1.82) is 0 Å². The number of halogens is 1. The first-order valence-corrected chi connectivity index (χ1v) is 8.44. The van der Waals surface area contributed by atoms with Gasteiger partial charge >= 0.3 is 0 Å². The molecular weight excluding hydrogens is 280 g/mol. The Balaban J connectivity index is 2.14. The van der Waals surface area contributed by atoms with Gasteiger partial charge in [-0.1, -0.05) is 38.4 Å². The zero-order valence-electron chi connectivity index (χ0n) is 13.8. The van der Waals surface area contributed by atoms with Gasteiger partial charge in [0.2, 0.25) is 0 Å². The van der Waals surface area contributed by atoms with Gasteiger partial charge in [-0.15, -0.1) is 0 Å². The largest absolute Gasteiger partial charge is 0.371 e. The van der Waals surface area contributed by atoms with Crippen LogP contribution >= 0.6 is 11.6 Å². The lowest BCUT2D eigenvalue weighted by Gasteiger charge is -2.40. The van der Waals surface area contributed by atoms with E-state index in [0.717, 1.165) is 30.5 Å². The molecule has 1 aromatic carbocycles. The third kappa shape index (κ3) is 4.37. The summed E-state index contributed by atoms with van der Waals surface area (Å²) in [5.74, 6) is 0.810. The normalized spacial score (nSPS) is 18.9. The maximum Gasteiger partial charge on any atom is 0.0426 e. The van der Waals surface area contributed by atoms with Crippen LogP contribution in [0.5, 0.6) is 0 Å². The molecule has 1 saturated heterocycles. The van der Waals surface area contributed by atoms with Gasteiger partial charge in [-0.25, -0.2) is 0 Å². The minimum atomic E-state index is 0.178. The number of nitrogens with two attached hydrogens (primary N) is 1. The molecule has 0 radical (unpaired) electrons. The predicted octanol–water partition coefficient (Wildman–Crippen LogP) is 4.49. The van der Waals surface area contributed by atoms with Crippen LogP contribution in [-0.2, 0) is 6.42 Å². The van der Waals surface area contributed by atoms with Gasteiger partial charge in [0.1, 0.15) is 0 Å². The fourth-order valence-corrected chi connectivity index (χ4v) is 3.50. The van der Waals surface area contributed by atoms with Gasteiger partial charge in [-0.05, 0) is 55.2 Å². The molecule has 1 heterocycles. The van der Waals surface area contributed by atoms with Gasteiger partial charge in [0.05, 0.1) is 0 Å². The summed E-state index contributed by atoms with van der Waals surface area (Å²) in [7, 11) is 0. The number of hydrogen-bond donors (Lipinski definition) is 1. The Morgan fingerprint density at radius 2 is 1.90 bits per heavy atom. The van der Waals surface area contributed by atoms with Gasteiger partial charge in [-0.2, -0.15) is 0 Å². The fourth-order valence-electron chi connectivity index (χ4n) is 3.34. The highest BCUT2D eigenvalue weighted by Gasteiger charge is 2.29. The van der Waals surface area contributed by atoms with E-state index in [1.807, 2.05) is 6.07 Å². The lowest BCUT2D eigenvalue weighted by molar-refractivity contribution is 0.199. The molecule has 0 aromatic heterocycles. The van der Waals surface area contributed by atoms with Crippen LogP contribution < -0.4 is 10.6 Å². The molecule has 1 unspecified atom stereocenters. The van der Waals surface area contributed by atoms with Gasteiger partial charge in [0.15, 0.2) is 0 Å². The van der Waals surface area contributed by atoms with Gasteiger partial charge in [0, 0.05) is 29.8 Å². The zero-order chi connectivity index (χ0) is 15.6. The standard InChI is InChI=1S/C18H29ClN2/c1-13(20)11-14-5-6-16(19)12-17(14)21-9-7-15(8-10-21)18(2,3)4/h5-6,12-13,15H,7-11,20H2,1-4H3. The van der Waals surface area contributed by atoms with E-state index in [1.165, 1.54) is 24.1 Å². The van der Waals surface area contributed by atoms with Crippen LogP contribution in [0.2, 0.25) is 5.02 Å². The van der Waals surface area contributed by atoms with Crippen molar-refractivity contribution >= 4 is 17.3 Å². The molecule has 118 valence electrons. The van der Waals surface area contributed by atoms with Crippen molar-refractivity contribution in [3.8, 4) is 0 Å². The molecule has 1 fully saturated rings. The number of hydrogen-bond acceptors (Lipinski definition) is 2. The maximum atomic E-state index is 6.22. The second-order valence-corrected chi connectivity index (χ2v) is 8.02. The topological polar surface area (TPSA) is 29.3 Å². The molecule has 3 heteroatoms. The van der Waals surface area contributed by atoms with E-state index in [2.05, 4.69) is 44.7 Å². The first kappa shape index (κ1) is 16.6. The monoisotopic (exact) mass is 308 g/mol. The smallest absolute Gasteiger partial charge is 0.0426 e. The molecule has 2 nitrogen and oxygen atoms in total. The zero-order valence-corrected chi connectivity index (χ0v) is 14.6. The highest BCUT2D eigenvalue weighted by Crippen LogP contribution is 2.37. The van der Waals surface area contributed by atoms with Crippen LogP contribution in [0.3, 0.4) is 0 Å². The van der Waals surface area contributed by atoms with E-state index in [1.54, 1.807) is 0 Å². The van der Waals surface area contributed by atoms with Gasteiger partial charge in [-0.3, -0.25) is 0 Å². The van der Waals surface area contributed by atoms with Crippen molar-refractivity contribution in [2.45, 2.75) is 53.0 Å². The first-order chi connectivity index (χ1) is 9.77. The second-order valence-electron chi connectivity index (χ2n) is 7.58. The fraction of sp³-hybridized carbons (Fsp3) is 0.667. The summed E-state index contributed by atoms with van der Waals surface area (Å²) in [6, 6.07) is 6.40. The molecular formula is C18H29ClN2. The van der Waals surface area contributed by atoms with Crippen LogP contribution in [-0.4, -0.2) is 19.1 Å². The van der Waals surface area contributed by atoms with Crippen LogP contribution in [0.4, 0.5) is 5.69 Å². The summed E-state index contributed by atoms with van der Waals surface area (Å²) in [5, 5.41) is 0.816. The Labute approximate surface area is 134 Å². The van der Waals surface area contributed by atoms with Crippen LogP contribution in [0, 0.1) is 11.3 Å². The van der Waals surface area contributed by atoms with Crippen molar-refractivity contribution < 1.29 is 0 Å². The molecule has 1 aromatic rings. The Morgan fingerprint density at radius 1 is 1.29 bits per heavy atom. The minimum Gasteiger partial charge on any atom is -0.371 e. The van der Waals surface area contributed by atoms with Crippen LogP contribution in [0.15, 0.2) is 18.2 Å². The van der Waals surface area contributed by atoms with Crippen molar-refractivity contribution in [2.75, 3.05) is 18.0 Å². The van der Waals surface area contributed by atoms with Crippen molar-refractivity contribution in [3.05, 3.63) is 28.8 Å². The minimum absolute atomic E-state index is 0.178. The molecule has 21 heavy (non-hydrogen) atoms. The van der Waals surface area contributed by atoms with E-state index >= 15 is 0 Å². The Bertz CT molecular complexity index is 469. The number of nitrogens with zero attached hydrogens (tertiary/aromatic N) is 1. The molecule has 1 atom stereocenters. The third-order valence-corrected chi connectivity index (χ3v) is 4.88. The number of piperidine rings is 1. The third-order valence-electron chi connectivity index (χ3n) is 4.65. The van der Waals surface area contributed by atoms with Crippen LogP contribution in [0.25, 0.3) is 0 Å². The molecule has 0 spiro atoms. The van der Waals surface area contributed by atoms with Crippen molar-refractivity contribution in [2.24, 2.45) is 17.1 Å². The highest BCUT2D eigenvalue weighted by molar-refractivity contribution is 6.30. The summed E-state index contributed by atoms with van der Waals surface area (Å²) in [4.78, 5) is 2.49. The summed E-state index contributed by atoms with van der Waals surface area (Å²) in [5.41, 5.74) is 9.01. The molecule has 0 saturated carbocycles. The van der Waals surface area contributed by atoms with E-state index < -0.39 is 0 Å². The lowest BCUT2D eigenvalue weighted by Crippen LogP contribution is -2.38. The van der Waals surface area contributed by atoms with Crippen molar-refractivity contribution in [1.82, 2.24) is 0 Å². The van der Waals surface area contributed by atoms with Crippen molar-refractivity contribution in [3.63, 3.8) is 0 Å². The highest BCUT2D eigenvalue weighted by atomic mass is 35.5. The number of rotatable bonds is 3. The molecule has 1 aliphatic rings. The average Bonchev–Trinajstić information content (AvgIpc) is 2.39.